The number of halogens is 1. The number of anilines is 2. The van der Waals surface area contributed by atoms with Gasteiger partial charge in [-0.15, -0.1) is 0 Å². The van der Waals surface area contributed by atoms with E-state index < -0.39 is 21.9 Å². The highest BCUT2D eigenvalue weighted by molar-refractivity contribution is 9.10. The number of esters is 1. The summed E-state index contributed by atoms with van der Waals surface area (Å²) in [7, 11) is -2.62. The number of carbonyl (C=O) groups is 2. The molecule has 0 aliphatic rings. The van der Waals surface area contributed by atoms with Crippen LogP contribution in [0.15, 0.2) is 82.2 Å². The van der Waals surface area contributed by atoms with Gasteiger partial charge in [0.15, 0.2) is 0 Å². The zero-order valence-electron chi connectivity index (χ0n) is 15.8. The van der Waals surface area contributed by atoms with Gasteiger partial charge < -0.3 is 10.1 Å². The highest BCUT2D eigenvalue weighted by Gasteiger charge is 2.17. The molecule has 3 aromatic rings. The maximum Gasteiger partial charge on any atom is 0.337 e. The minimum atomic E-state index is -3.88. The fourth-order valence-corrected chi connectivity index (χ4v) is 3.95. The van der Waals surface area contributed by atoms with E-state index in [1.54, 1.807) is 42.5 Å². The summed E-state index contributed by atoms with van der Waals surface area (Å²) in [5.41, 5.74) is 1.21. The summed E-state index contributed by atoms with van der Waals surface area (Å²) in [5.74, 6) is -1.05. The molecule has 0 aliphatic carbocycles. The summed E-state index contributed by atoms with van der Waals surface area (Å²) in [6.45, 7) is 0. The Kier molecular flexibility index (Phi) is 6.53. The van der Waals surface area contributed by atoms with Crippen molar-refractivity contribution in [1.29, 1.82) is 0 Å². The minimum absolute atomic E-state index is 0.0543. The van der Waals surface area contributed by atoms with Crippen LogP contribution in [0.2, 0.25) is 0 Å². The molecule has 0 aromatic heterocycles. The van der Waals surface area contributed by atoms with E-state index in [9.17, 15) is 18.0 Å². The van der Waals surface area contributed by atoms with E-state index in [2.05, 4.69) is 30.7 Å². The summed E-state index contributed by atoms with van der Waals surface area (Å²) in [6, 6.07) is 18.6. The number of rotatable bonds is 6. The summed E-state index contributed by atoms with van der Waals surface area (Å²) in [5, 5.41) is 2.65. The molecule has 7 nitrogen and oxygen atoms in total. The number of methoxy groups -OCH3 is 1. The molecule has 30 heavy (non-hydrogen) atoms. The average Bonchev–Trinajstić information content (AvgIpc) is 2.75. The number of benzene rings is 3. The zero-order valence-corrected chi connectivity index (χ0v) is 18.2. The lowest BCUT2D eigenvalue weighted by atomic mass is 10.1. The van der Waals surface area contributed by atoms with Crippen molar-refractivity contribution in [3.8, 4) is 0 Å². The summed E-state index contributed by atoms with van der Waals surface area (Å²) in [4.78, 5) is 24.2. The van der Waals surface area contributed by atoms with Crippen molar-refractivity contribution in [3.05, 3.63) is 88.4 Å². The largest absolute Gasteiger partial charge is 0.465 e. The lowest BCUT2D eigenvalue weighted by Crippen LogP contribution is -2.16. The average molecular weight is 489 g/mol. The molecule has 0 bridgehead atoms. The van der Waals surface area contributed by atoms with Crippen LogP contribution in [0, 0.1) is 0 Å². The van der Waals surface area contributed by atoms with Crippen LogP contribution in [0.4, 0.5) is 11.4 Å². The van der Waals surface area contributed by atoms with Gasteiger partial charge in [-0.25, -0.2) is 13.2 Å². The van der Waals surface area contributed by atoms with E-state index in [1.165, 1.54) is 37.4 Å². The van der Waals surface area contributed by atoms with E-state index in [0.717, 1.165) is 4.47 Å². The van der Waals surface area contributed by atoms with Gasteiger partial charge in [0.25, 0.3) is 15.9 Å². The van der Waals surface area contributed by atoms with Gasteiger partial charge in [0, 0.05) is 21.4 Å². The maximum atomic E-state index is 12.7. The normalized spacial score (nSPS) is 10.9. The Hall–Kier alpha value is -3.17. The van der Waals surface area contributed by atoms with Crippen LogP contribution < -0.4 is 10.0 Å². The monoisotopic (exact) mass is 488 g/mol. The second-order valence-electron chi connectivity index (χ2n) is 6.17. The third-order valence-corrected chi connectivity index (χ3v) is 5.95. The predicted octanol–water partition coefficient (Wildman–Crippen LogP) is 4.29. The molecule has 3 rings (SSSR count). The van der Waals surface area contributed by atoms with Crippen molar-refractivity contribution in [2.24, 2.45) is 0 Å². The number of sulfonamides is 1. The van der Waals surface area contributed by atoms with Crippen LogP contribution in [0.3, 0.4) is 0 Å². The van der Waals surface area contributed by atoms with Crippen LogP contribution in [-0.2, 0) is 14.8 Å². The van der Waals surface area contributed by atoms with E-state index in [-0.39, 0.29) is 16.0 Å². The molecule has 0 saturated heterocycles. The molecule has 0 spiro atoms. The van der Waals surface area contributed by atoms with Crippen LogP contribution in [-0.4, -0.2) is 27.4 Å². The fraction of sp³-hybridized carbons (Fsp3) is 0.0476. The van der Waals surface area contributed by atoms with E-state index in [0.29, 0.717) is 11.4 Å². The van der Waals surface area contributed by atoms with Crippen molar-refractivity contribution in [3.63, 3.8) is 0 Å². The first kappa shape index (κ1) is 21.5. The first-order chi connectivity index (χ1) is 14.3. The number of hydrogen-bond donors (Lipinski definition) is 2. The van der Waals surface area contributed by atoms with E-state index in [4.69, 9.17) is 0 Å². The van der Waals surface area contributed by atoms with Crippen LogP contribution in [0.1, 0.15) is 20.7 Å². The lowest BCUT2D eigenvalue weighted by Gasteiger charge is -2.10. The van der Waals surface area contributed by atoms with Gasteiger partial charge in [0.1, 0.15) is 0 Å². The molecule has 0 fully saturated rings. The van der Waals surface area contributed by atoms with Gasteiger partial charge in [-0.05, 0) is 60.7 Å². The SMILES string of the molecule is COC(=O)c1cccc(NC(=O)c2cccc(S(=O)(=O)Nc3ccc(Br)cc3)c2)c1. The second kappa shape index (κ2) is 9.10. The van der Waals surface area contributed by atoms with Gasteiger partial charge in [-0.1, -0.05) is 28.1 Å². The van der Waals surface area contributed by atoms with Crippen LogP contribution >= 0.6 is 15.9 Å². The molecule has 3 aromatic carbocycles. The molecular formula is C21H17BrN2O5S. The Balaban J connectivity index is 1.80. The molecule has 2 N–H and O–H groups in total. The third-order valence-electron chi connectivity index (χ3n) is 4.04. The Morgan fingerprint density at radius 2 is 1.53 bits per heavy atom. The third kappa shape index (κ3) is 5.25. The van der Waals surface area contributed by atoms with Gasteiger partial charge >= 0.3 is 5.97 Å². The fourth-order valence-electron chi connectivity index (χ4n) is 2.58. The number of ether oxygens (including phenoxy) is 1. The Bertz CT molecular complexity index is 1190. The van der Waals surface area contributed by atoms with Gasteiger partial charge in [-0.3, -0.25) is 9.52 Å². The summed E-state index contributed by atoms with van der Waals surface area (Å²) < 4.78 is 33.3. The highest BCUT2D eigenvalue weighted by Crippen LogP contribution is 2.20. The van der Waals surface area contributed by atoms with Crippen LogP contribution in [0.25, 0.3) is 0 Å². The summed E-state index contributed by atoms with van der Waals surface area (Å²) in [6.07, 6.45) is 0. The molecule has 0 heterocycles. The molecule has 0 saturated carbocycles. The van der Waals surface area contributed by atoms with Gasteiger partial charge in [-0.2, -0.15) is 0 Å². The summed E-state index contributed by atoms with van der Waals surface area (Å²) >= 11 is 3.29. The molecule has 0 aliphatic heterocycles. The second-order valence-corrected chi connectivity index (χ2v) is 8.76. The maximum absolute atomic E-state index is 12.7. The zero-order chi connectivity index (χ0) is 21.7. The highest BCUT2D eigenvalue weighted by atomic mass is 79.9. The van der Waals surface area contributed by atoms with Gasteiger partial charge in [0.2, 0.25) is 0 Å². The van der Waals surface area contributed by atoms with Crippen molar-refractivity contribution in [2.45, 2.75) is 4.90 Å². The van der Waals surface area contributed by atoms with Crippen molar-refractivity contribution in [2.75, 3.05) is 17.1 Å². The van der Waals surface area contributed by atoms with Crippen molar-refractivity contribution >= 4 is 49.2 Å². The van der Waals surface area contributed by atoms with E-state index in [1.807, 2.05) is 0 Å². The quantitative estimate of drug-likeness (QED) is 0.503. The molecule has 1 amide bonds. The number of nitrogens with one attached hydrogen (secondary N) is 2. The lowest BCUT2D eigenvalue weighted by molar-refractivity contribution is 0.0600. The standard InChI is InChI=1S/C21H17BrN2O5S/c1-29-21(26)15-5-2-6-18(12-15)23-20(25)14-4-3-7-19(13-14)30(27,28)24-17-10-8-16(22)9-11-17/h2-13,24H,1H3,(H,23,25). The minimum Gasteiger partial charge on any atom is -0.465 e. The molecule has 9 heteroatoms. The molecule has 0 atom stereocenters. The van der Waals surface area contributed by atoms with Gasteiger partial charge in [0.05, 0.1) is 17.6 Å². The molecule has 0 radical (unpaired) electrons. The predicted molar refractivity (Wildman–Crippen MR) is 117 cm³/mol. The Labute approximate surface area is 182 Å². The van der Waals surface area contributed by atoms with Crippen LogP contribution in [0.5, 0.6) is 0 Å². The molecule has 0 unspecified atom stereocenters. The first-order valence-electron chi connectivity index (χ1n) is 8.67. The smallest absolute Gasteiger partial charge is 0.337 e. The Morgan fingerprint density at radius 1 is 0.867 bits per heavy atom. The number of carbonyl (C=O) groups excluding carboxylic acids is 2. The first-order valence-corrected chi connectivity index (χ1v) is 10.9. The molecule has 154 valence electrons. The molecular weight excluding hydrogens is 472 g/mol. The van der Waals surface area contributed by atoms with Crippen molar-refractivity contribution < 1.29 is 22.7 Å². The number of amides is 1. The van der Waals surface area contributed by atoms with E-state index >= 15 is 0 Å². The van der Waals surface area contributed by atoms with Crippen molar-refractivity contribution in [1.82, 2.24) is 0 Å². The topological polar surface area (TPSA) is 102 Å². The number of hydrogen-bond acceptors (Lipinski definition) is 5. The Morgan fingerprint density at radius 3 is 2.23 bits per heavy atom.